The maximum atomic E-state index is 11.6. The van der Waals surface area contributed by atoms with Crippen molar-refractivity contribution in [1.29, 1.82) is 0 Å². The van der Waals surface area contributed by atoms with E-state index in [-0.39, 0.29) is 37.1 Å². The van der Waals surface area contributed by atoms with Crippen molar-refractivity contribution < 1.29 is 76.2 Å². The number of hydrogen-bond acceptors (Lipinski definition) is 22. The maximum absolute atomic E-state index is 11.6. The standard InChI is InChI=1S/C34H30N2O5S.C28H31N2S2.C27H22N2O3S3.C20H16Cl2N2O5S3/c1-3-24(20-33-35(2)29-22-27(14-16-31(29)40-33)25-10-6-4-7-11-25)21-34-36(18-19-42(37,38)39)30-23-28(15-17-32(30)41-34)26-12-8-5-9-13-26;1-5-29-22-11-7-9-13-24(22)31-26(29)16-20-15-21(19-28(3,4)18-20)17-27-30(6-2)23-12-8-10-14-25(23)32-27;1-28-24(33-22-13-11-18-7-2-4-9-20(18)26(22)28)17-25-29(15-6-16-35(30,31)32)27-21-10-5-3-8-19(21)12-14-23(27)34-25;21-12-2-4-16-14(8-12)23(6-1-7-32(27,28)29)18(30-16)10-19-24(11-20(25)26)15-9-13(22)3-5-17(15)31-19/h4-17,20-23H,3,18-19H2,1-2H3;7-17H,5-6,18-19H2,1-4H3;2-5,7-14,17H,6,15-16H2,1H3;2-5,8-10H,1,6-7,11H2,(H-,25,26,27,28,29)/q;+1;;. The number of benzene rings is 12. The monoisotopic (exact) mass is 2090 g/mol. The number of ether oxygens (including phenoxy) is 1. The number of anilines is 4. The molecule has 141 heavy (non-hydrogen) atoms. The zero-order valence-electron chi connectivity index (χ0n) is 78.0. The van der Waals surface area contributed by atoms with Gasteiger partial charge in [0.25, 0.3) is 20.5 Å². The van der Waals surface area contributed by atoms with Gasteiger partial charge < -0.3 is 47.5 Å². The van der Waals surface area contributed by atoms with Gasteiger partial charge in [-0.3, -0.25) is 0 Å². The smallest absolute Gasteiger partial charge is 0.374 e. The van der Waals surface area contributed by atoms with E-state index in [2.05, 4.69) is 205 Å². The fourth-order valence-electron chi connectivity index (χ4n) is 18.3. The highest BCUT2D eigenvalue weighted by atomic mass is 35.5. The van der Waals surface area contributed by atoms with Crippen molar-refractivity contribution in [3.63, 3.8) is 0 Å². The highest BCUT2D eigenvalue weighted by molar-refractivity contribution is 8.04. The first-order valence-electron chi connectivity index (χ1n) is 46.0. The number of carbonyl (C=O) groups is 1. The Kier molecular flexibility index (Phi) is 29.9. The normalized spacial score (nSPS) is 16.0. The van der Waals surface area contributed by atoms with Crippen LogP contribution in [-0.4, -0.2) is 93.4 Å². The number of fused-ring (bicyclic) bond motifs is 12. The number of aryl methyl sites for hydroxylation is 3. The molecule has 1 N–H and O–H groups in total. The van der Waals surface area contributed by atoms with Gasteiger partial charge in [0.1, 0.15) is 34.7 Å². The number of allylic oxidation sites excluding steroid dienone is 6. The molecule has 0 unspecified atom stereocenters. The Morgan fingerprint density at radius 3 is 1.76 bits per heavy atom. The number of rotatable bonds is 24. The Morgan fingerprint density at radius 2 is 1.06 bits per heavy atom. The predicted octanol–water partition coefficient (Wildman–Crippen LogP) is 24.8. The lowest BCUT2D eigenvalue weighted by Gasteiger charge is -2.31. The van der Waals surface area contributed by atoms with E-state index in [1.54, 1.807) is 56.8 Å². The average molecular weight is 2090 g/mol. The molecule has 0 fully saturated rings. The number of thiazole rings is 3. The van der Waals surface area contributed by atoms with Crippen molar-refractivity contribution in [3.05, 3.63) is 342 Å². The van der Waals surface area contributed by atoms with E-state index in [1.807, 2.05) is 168 Å². The van der Waals surface area contributed by atoms with Crippen LogP contribution in [0.4, 0.5) is 22.7 Å². The molecule has 0 bridgehead atoms. The molecular weight excluding hydrogens is 1990 g/mol. The predicted molar refractivity (Wildman–Crippen MR) is 575 cm³/mol. The van der Waals surface area contributed by atoms with Crippen LogP contribution in [0.3, 0.4) is 0 Å². The molecule has 12 aromatic carbocycles. The van der Waals surface area contributed by atoms with Gasteiger partial charge in [-0.1, -0.05) is 271 Å². The fourth-order valence-corrected chi connectivity index (χ4v) is 27.0. The molecule has 5 aliphatic rings. The number of halogens is 2. The number of oxazole rings is 1. The number of aromatic nitrogens is 4. The Labute approximate surface area is 854 Å². The lowest BCUT2D eigenvalue weighted by Crippen LogP contribution is -2.39. The summed E-state index contributed by atoms with van der Waals surface area (Å²) < 4.78 is 126. The Balaban J connectivity index is 0.000000125. The summed E-state index contributed by atoms with van der Waals surface area (Å²) in [5.74, 6) is -0.655. The summed E-state index contributed by atoms with van der Waals surface area (Å²) >= 11 is 22.4. The van der Waals surface area contributed by atoms with E-state index >= 15 is 0 Å². The van der Waals surface area contributed by atoms with Gasteiger partial charge in [0, 0.05) is 98.2 Å². The highest BCUT2D eigenvalue weighted by Gasteiger charge is 2.36. The van der Waals surface area contributed by atoms with Crippen molar-refractivity contribution in [2.75, 3.05) is 63.0 Å². The molecule has 720 valence electrons. The minimum absolute atomic E-state index is 0.0272. The average Bonchev–Trinajstić information content (AvgIpc) is 1.60. The second kappa shape index (κ2) is 42.5. The number of nitrogens with zero attached hydrogens (tertiary/aromatic N) is 8. The van der Waals surface area contributed by atoms with Gasteiger partial charge in [-0.15, -0.1) is 0 Å². The molecule has 0 saturated carbocycles. The zero-order valence-corrected chi connectivity index (χ0v) is 86.9. The molecule has 0 atom stereocenters. The summed E-state index contributed by atoms with van der Waals surface area (Å²) in [5.41, 5.74) is 17.2. The topological polar surface area (TPSA) is 260 Å². The SMILES string of the molecule is CCC(=Cc1oc2ccc(-c3ccccc3)cc2[n+]1C)C=C1Oc2ccc(-c3ccccc3)cc2N1CCS(=O)(=O)[O-].CCN1C(=CC2=CC(=Cc3sc4ccccc4[n+]3CC)CC(C)(C)C2)Sc2ccccc21.C[n+]1c(C=C2Sc3ccc4ccccc4c3N2CCCS(=O)(=O)[O-])sc2ccc3ccccc3c21.O=C(O)C[n+]1c(C=C2Sc3ccc(Cl)cc3N2CCCS(=O)(=O)[O-])sc2ccc(Cl)cc21. The number of para-hydroxylation sites is 2. The molecular formula is C109H99Cl2N8O13S9+. The van der Waals surface area contributed by atoms with Crippen molar-refractivity contribution >= 4 is 239 Å². The van der Waals surface area contributed by atoms with Crippen LogP contribution in [-0.2, 0) is 62.3 Å². The van der Waals surface area contributed by atoms with E-state index in [9.17, 15) is 48.8 Å². The molecule has 0 saturated heterocycles. The molecule has 4 aromatic heterocycles. The zero-order chi connectivity index (χ0) is 98.8. The first kappa shape index (κ1) is 99.5. The van der Waals surface area contributed by atoms with Crippen LogP contribution in [0.1, 0.15) is 87.6 Å². The van der Waals surface area contributed by atoms with Crippen molar-refractivity contribution in [1.82, 2.24) is 0 Å². The quantitative estimate of drug-likeness (QED) is 0.0435. The van der Waals surface area contributed by atoms with Gasteiger partial charge in [0.05, 0.1) is 97.6 Å². The second-order valence-corrected chi connectivity index (χ2v) is 47.0. The molecule has 8 heterocycles. The van der Waals surface area contributed by atoms with Crippen LogP contribution in [0.15, 0.2) is 330 Å². The molecule has 0 spiro atoms. The molecule has 21 rings (SSSR count). The first-order chi connectivity index (χ1) is 67.7. The molecule has 16 aromatic rings. The van der Waals surface area contributed by atoms with Crippen molar-refractivity contribution in [2.45, 2.75) is 94.5 Å². The number of carboxylic acids is 1. The van der Waals surface area contributed by atoms with Crippen LogP contribution in [0.2, 0.25) is 10.0 Å². The summed E-state index contributed by atoms with van der Waals surface area (Å²) in [4.78, 5) is 23.2. The van der Waals surface area contributed by atoms with Gasteiger partial charge in [0.15, 0.2) is 5.75 Å². The van der Waals surface area contributed by atoms with E-state index in [0.29, 0.717) is 63.3 Å². The van der Waals surface area contributed by atoms with Crippen LogP contribution < -0.4 is 42.6 Å². The lowest BCUT2D eigenvalue weighted by atomic mass is 9.75. The third-order valence-electron chi connectivity index (χ3n) is 24.7. The van der Waals surface area contributed by atoms with Crippen molar-refractivity contribution in [3.8, 4) is 28.0 Å². The molecule has 4 aliphatic heterocycles. The van der Waals surface area contributed by atoms with E-state index < -0.39 is 47.8 Å². The Morgan fingerprint density at radius 1 is 0.489 bits per heavy atom. The number of aliphatic carboxylic acids is 1. The fraction of sp³-hybridized carbons (Fsp3) is 0.202. The lowest BCUT2D eigenvalue weighted by molar-refractivity contribution is -0.665. The van der Waals surface area contributed by atoms with Crippen molar-refractivity contribution in [2.24, 2.45) is 19.5 Å². The summed E-state index contributed by atoms with van der Waals surface area (Å²) in [7, 11) is -8.97. The second-order valence-electron chi connectivity index (χ2n) is 35.2. The van der Waals surface area contributed by atoms with Gasteiger partial charge in [-0.2, -0.15) is 18.3 Å². The summed E-state index contributed by atoms with van der Waals surface area (Å²) in [6.45, 7) is 13.8. The third kappa shape index (κ3) is 23.0. The van der Waals surface area contributed by atoms with E-state index in [4.69, 9.17) is 32.4 Å². The minimum Gasteiger partial charge on any atom is -0.748 e. The number of thioether (sulfide) groups is 3. The molecule has 1 aliphatic carbocycles. The first-order valence-corrected chi connectivity index (χ1v) is 56.4. The number of hydrogen-bond donors (Lipinski definition) is 1. The Bertz CT molecular complexity index is 8200. The Hall–Kier alpha value is -11.7. The van der Waals surface area contributed by atoms with Crippen LogP contribution in [0.25, 0.3) is 110 Å². The van der Waals surface area contributed by atoms with Gasteiger partial charge in [-0.25, -0.2) is 30.0 Å². The maximum Gasteiger partial charge on any atom is 0.374 e. The van der Waals surface area contributed by atoms with Crippen LogP contribution >= 0.6 is 92.5 Å². The largest absolute Gasteiger partial charge is 0.748 e. The van der Waals surface area contributed by atoms with Gasteiger partial charge in [-0.05, 0) is 192 Å². The summed E-state index contributed by atoms with van der Waals surface area (Å²) in [5, 5.41) is 21.5. The third-order valence-corrected chi connectivity index (χ3v) is 34.2. The van der Waals surface area contributed by atoms with E-state index in [1.165, 1.54) is 86.1 Å². The van der Waals surface area contributed by atoms with Gasteiger partial charge >= 0.3 is 11.9 Å². The minimum atomic E-state index is -4.43. The summed E-state index contributed by atoms with van der Waals surface area (Å²) in [6, 6.07) is 85.5. The van der Waals surface area contributed by atoms with Gasteiger partial charge in [0.2, 0.25) is 34.6 Å². The highest BCUT2D eigenvalue weighted by Crippen LogP contribution is 2.53. The van der Waals surface area contributed by atoms with Crippen LogP contribution in [0.5, 0.6) is 5.75 Å². The molecule has 32 heteroatoms. The molecule has 0 radical (unpaired) electrons. The molecule has 21 nitrogen and oxygen atoms in total. The van der Waals surface area contributed by atoms with E-state index in [0.717, 1.165) is 117 Å². The summed E-state index contributed by atoms with van der Waals surface area (Å²) in [6.07, 6.45) is 18.5. The number of carboxylic acid groups (broad SMARTS) is 1. The molecule has 0 amide bonds. The van der Waals surface area contributed by atoms with Crippen LogP contribution in [0, 0.1) is 5.41 Å².